The number of hydrogen-bond acceptors (Lipinski definition) is 5. The predicted octanol–water partition coefficient (Wildman–Crippen LogP) is 0.779. The molecule has 7 heteroatoms. The maximum atomic E-state index is 11.8. The Morgan fingerprint density at radius 2 is 2.00 bits per heavy atom. The van der Waals surface area contributed by atoms with Gasteiger partial charge >= 0.3 is 0 Å². The van der Waals surface area contributed by atoms with Crippen LogP contribution in [0.15, 0.2) is 21.6 Å². The van der Waals surface area contributed by atoms with E-state index in [4.69, 9.17) is 4.42 Å². The maximum Gasteiger partial charge on any atom is 0.275 e. The first-order chi connectivity index (χ1) is 8.57. The van der Waals surface area contributed by atoms with Crippen molar-refractivity contribution in [3.05, 3.63) is 17.9 Å². The fourth-order valence-corrected chi connectivity index (χ4v) is 2.05. The van der Waals surface area contributed by atoms with Gasteiger partial charge in [0.1, 0.15) is 5.76 Å². The first-order valence-corrected chi connectivity index (χ1v) is 7.45. The van der Waals surface area contributed by atoms with Crippen LogP contribution < -0.4 is 5.32 Å². The molecule has 0 radical (unpaired) electrons. The lowest BCUT2D eigenvalue weighted by Gasteiger charge is -2.29. The van der Waals surface area contributed by atoms with E-state index in [1.807, 2.05) is 13.8 Å². The minimum atomic E-state index is -3.54. The zero-order valence-electron chi connectivity index (χ0n) is 12.0. The Bertz CT molecular complexity index is 518. The van der Waals surface area contributed by atoms with Gasteiger partial charge in [-0.25, -0.2) is 12.7 Å². The molecule has 1 atom stereocenters. The van der Waals surface area contributed by atoms with E-state index < -0.39 is 21.7 Å². The molecule has 0 aliphatic heterocycles. The topological polar surface area (TPSA) is 82.8 Å². The zero-order chi connectivity index (χ0) is 14.8. The third-order valence-electron chi connectivity index (χ3n) is 3.13. The number of aliphatic hydroxyl groups is 1. The second-order valence-electron chi connectivity index (χ2n) is 5.26. The van der Waals surface area contributed by atoms with Crippen molar-refractivity contribution in [2.75, 3.05) is 14.1 Å². The molecule has 2 N–H and O–H groups in total. The second kappa shape index (κ2) is 5.62. The van der Waals surface area contributed by atoms with Crippen LogP contribution in [0.25, 0.3) is 0 Å². The lowest BCUT2D eigenvalue weighted by Crippen LogP contribution is -2.47. The van der Waals surface area contributed by atoms with Crippen LogP contribution in [0.4, 0.5) is 0 Å². The average Bonchev–Trinajstić information content (AvgIpc) is 2.75. The van der Waals surface area contributed by atoms with E-state index in [9.17, 15) is 13.5 Å². The summed E-state index contributed by atoms with van der Waals surface area (Å²) in [7, 11) is -0.635. The zero-order valence-corrected chi connectivity index (χ0v) is 12.8. The minimum absolute atomic E-state index is 0.0795. The molecule has 0 saturated heterocycles. The lowest BCUT2D eigenvalue weighted by atomic mass is 9.99. The Labute approximate surface area is 114 Å². The van der Waals surface area contributed by atoms with Crippen LogP contribution in [0.2, 0.25) is 0 Å². The summed E-state index contributed by atoms with van der Waals surface area (Å²) < 4.78 is 30.1. The summed E-state index contributed by atoms with van der Waals surface area (Å²) in [5, 5.41) is 12.6. The summed E-state index contributed by atoms with van der Waals surface area (Å²) in [5.74, 6) is 0.508. The monoisotopic (exact) mass is 290 g/mol. The average molecular weight is 290 g/mol. The highest BCUT2D eigenvalue weighted by molar-refractivity contribution is 7.88. The van der Waals surface area contributed by atoms with Crippen LogP contribution in [-0.2, 0) is 16.6 Å². The van der Waals surface area contributed by atoms with Gasteiger partial charge in [0.2, 0.25) is 5.09 Å². The Balaban J connectivity index is 2.78. The van der Waals surface area contributed by atoms with Gasteiger partial charge in [-0.15, -0.1) is 0 Å². The normalized spacial score (nSPS) is 14.9. The molecule has 1 unspecified atom stereocenters. The number of nitrogens with one attached hydrogen (secondary N) is 1. The minimum Gasteiger partial charge on any atom is -0.447 e. The van der Waals surface area contributed by atoms with Gasteiger partial charge in [-0.05, 0) is 32.9 Å². The Morgan fingerprint density at radius 3 is 2.47 bits per heavy atom. The van der Waals surface area contributed by atoms with Crippen LogP contribution in [0.5, 0.6) is 0 Å². The standard InChI is InChI=1S/C12H22N2O4S/c1-9(15)12(2,3)13-8-10-6-7-11(18-10)19(16,17)14(4)5/h6-7,9,13,15H,8H2,1-5H3. The third-order valence-corrected chi connectivity index (χ3v) is 4.82. The second-order valence-corrected chi connectivity index (χ2v) is 7.34. The van der Waals surface area contributed by atoms with Gasteiger partial charge in [-0.1, -0.05) is 0 Å². The summed E-state index contributed by atoms with van der Waals surface area (Å²) in [5.41, 5.74) is -0.479. The molecule has 0 aromatic carbocycles. The number of sulfonamides is 1. The van der Waals surface area contributed by atoms with Gasteiger partial charge in [-0.3, -0.25) is 0 Å². The van der Waals surface area contributed by atoms with Crippen molar-refractivity contribution in [3.8, 4) is 0 Å². The van der Waals surface area contributed by atoms with E-state index in [0.717, 1.165) is 4.31 Å². The van der Waals surface area contributed by atoms with Gasteiger partial charge in [0.05, 0.1) is 12.6 Å². The van der Waals surface area contributed by atoms with Gasteiger partial charge in [0.15, 0.2) is 0 Å². The quantitative estimate of drug-likeness (QED) is 0.809. The molecule has 1 aromatic heterocycles. The van der Waals surface area contributed by atoms with Crippen molar-refractivity contribution in [1.29, 1.82) is 0 Å². The first kappa shape index (κ1) is 16.2. The van der Waals surface area contributed by atoms with E-state index in [1.54, 1.807) is 13.0 Å². The lowest BCUT2D eigenvalue weighted by molar-refractivity contribution is 0.0939. The number of nitrogens with zero attached hydrogens (tertiary/aromatic N) is 1. The molecular formula is C12H22N2O4S. The SMILES string of the molecule is CC(O)C(C)(C)NCc1ccc(S(=O)(=O)N(C)C)o1. The molecule has 1 rings (SSSR count). The highest BCUT2D eigenvalue weighted by Gasteiger charge is 2.25. The van der Waals surface area contributed by atoms with Crippen LogP contribution >= 0.6 is 0 Å². The first-order valence-electron chi connectivity index (χ1n) is 6.01. The van der Waals surface area contributed by atoms with Crippen LogP contribution in [0.3, 0.4) is 0 Å². The molecular weight excluding hydrogens is 268 g/mol. The predicted molar refractivity (Wildman–Crippen MR) is 72.2 cm³/mol. The van der Waals surface area contributed by atoms with Gasteiger partial charge in [0.25, 0.3) is 10.0 Å². The van der Waals surface area contributed by atoms with E-state index in [0.29, 0.717) is 12.3 Å². The summed E-state index contributed by atoms with van der Waals surface area (Å²) >= 11 is 0. The molecule has 0 bridgehead atoms. The summed E-state index contributed by atoms with van der Waals surface area (Å²) in [6, 6.07) is 3.04. The molecule has 0 aliphatic carbocycles. The number of aliphatic hydroxyl groups excluding tert-OH is 1. The van der Waals surface area contributed by atoms with Crippen LogP contribution in [0.1, 0.15) is 26.5 Å². The Hall–Kier alpha value is -0.890. The summed E-state index contributed by atoms with van der Waals surface area (Å²) in [6.45, 7) is 5.76. The summed E-state index contributed by atoms with van der Waals surface area (Å²) in [4.78, 5) is 0. The van der Waals surface area contributed by atoms with E-state index in [2.05, 4.69) is 5.32 Å². The smallest absolute Gasteiger partial charge is 0.275 e. The fraction of sp³-hybridized carbons (Fsp3) is 0.667. The van der Waals surface area contributed by atoms with Crippen molar-refractivity contribution in [2.45, 2.75) is 44.1 Å². The van der Waals surface area contributed by atoms with E-state index in [1.165, 1.54) is 20.2 Å². The largest absolute Gasteiger partial charge is 0.447 e. The van der Waals surface area contributed by atoms with Gasteiger partial charge in [0, 0.05) is 19.6 Å². The van der Waals surface area contributed by atoms with E-state index >= 15 is 0 Å². The van der Waals surface area contributed by atoms with Crippen molar-refractivity contribution in [1.82, 2.24) is 9.62 Å². The number of rotatable bonds is 6. The highest BCUT2D eigenvalue weighted by Crippen LogP contribution is 2.18. The highest BCUT2D eigenvalue weighted by atomic mass is 32.2. The molecule has 0 saturated carbocycles. The van der Waals surface area contributed by atoms with E-state index in [-0.39, 0.29) is 5.09 Å². The molecule has 0 spiro atoms. The van der Waals surface area contributed by atoms with Gasteiger partial charge < -0.3 is 14.8 Å². The molecule has 1 heterocycles. The van der Waals surface area contributed by atoms with Gasteiger partial charge in [-0.2, -0.15) is 0 Å². The summed E-state index contributed by atoms with van der Waals surface area (Å²) in [6.07, 6.45) is -0.535. The molecule has 0 fully saturated rings. The van der Waals surface area contributed by atoms with Crippen molar-refractivity contribution in [3.63, 3.8) is 0 Å². The van der Waals surface area contributed by atoms with Crippen LogP contribution in [0, 0.1) is 0 Å². The number of hydrogen-bond donors (Lipinski definition) is 2. The van der Waals surface area contributed by atoms with Crippen molar-refractivity contribution in [2.24, 2.45) is 0 Å². The molecule has 0 amide bonds. The van der Waals surface area contributed by atoms with Crippen molar-refractivity contribution >= 4 is 10.0 Å². The third kappa shape index (κ3) is 3.79. The fourth-order valence-electron chi connectivity index (χ4n) is 1.23. The number of furan rings is 1. The maximum absolute atomic E-state index is 11.8. The molecule has 0 aliphatic rings. The Morgan fingerprint density at radius 1 is 1.42 bits per heavy atom. The van der Waals surface area contributed by atoms with Crippen LogP contribution in [-0.4, -0.2) is 43.6 Å². The molecule has 110 valence electrons. The molecule has 6 nitrogen and oxygen atoms in total. The van der Waals surface area contributed by atoms with Crippen molar-refractivity contribution < 1.29 is 17.9 Å². The molecule has 19 heavy (non-hydrogen) atoms. The Kier molecular flexibility index (Phi) is 4.78. The molecule has 1 aromatic rings.